The number of aromatic nitrogens is 3. The summed E-state index contributed by atoms with van der Waals surface area (Å²) in [5.41, 5.74) is 8.64. The lowest BCUT2D eigenvalue weighted by Crippen LogP contribution is -2.18. The van der Waals surface area contributed by atoms with Gasteiger partial charge in [-0.15, -0.1) is 0 Å². The van der Waals surface area contributed by atoms with Crippen LogP contribution >= 0.6 is 15.9 Å². The third kappa shape index (κ3) is 2.64. The lowest BCUT2D eigenvalue weighted by Gasteiger charge is -2.20. The number of benzene rings is 1. The van der Waals surface area contributed by atoms with Crippen molar-refractivity contribution in [1.29, 1.82) is 0 Å². The number of imidazole rings is 1. The predicted molar refractivity (Wildman–Crippen MR) is 85.8 cm³/mol. The highest BCUT2D eigenvalue weighted by Gasteiger charge is 2.21. The molecule has 3 aromatic rings. The van der Waals surface area contributed by atoms with Crippen molar-refractivity contribution in [3.63, 3.8) is 0 Å². The van der Waals surface area contributed by atoms with Crippen LogP contribution in [0.25, 0.3) is 11.0 Å². The van der Waals surface area contributed by atoms with E-state index in [0.29, 0.717) is 12.6 Å². The van der Waals surface area contributed by atoms with Crippen LogP contribution in [0, 0.1) is 0 Å². The van der Waals surface area contributed by atoms with Gasteiger partial charge in [0.2, 0.25) is 5.95 Å². The van der Waals surface area contributed by atoms with Crippen LogP contribution in [-0.2, 0) is 4.74 Å². The molecule has 0 aliphatic heterocycles. The van der Waals surface area contributed by atoms with Crippen molar-refractivity contribution in [3.8, 4) is 0 Å². The molecule has 2 aromatic heterocycles. The molecular formula is C15H15BrN4O. The van der Waals surface area contributed by atoms with Crippen LogP contribution < -0.4 is 5.73 Å². The van der Waals surface area contributed by atoms with Gasteiger partial charge in [-0.3, -0.25) is 4.57 Å². The fourth-order valence-electron chi connectivity index (χ4n) is 2.32. The molecule has 1 atom stereocenters. The largest absolute Gasteiger partial charge is 0.369 e. The van der Waals surface area contributed by atoms with Gasteiger partial charge in [-0.2, -0.15) is 0 Å². The SMILES string of the molecule is CCOC(c1cccc(Br)n1)n1c(N)nc2ccccc21. The zero-order valence-electron chi connectivity index (χ0n) is 11.5. The summed E-state index contributed by atoms with van der Waals surface area (Å²) < 4.78 is 8.50. The van der Waals surface area contributed by atoms with Crippen molar-refractivity contribution in [2.75, 3.05) is 12.3 Å². The summed E-state index contributed by atoms with van der Waals surface area (Å²) in [6.07, 6.45) is -0.403. The Bertz CT molecular complexity index is 771. The number of hydrogen-bond acceptors (Lipinski definition) is 4. The van der Waals surface area contributed by atoms with Crippen molar-refractivity contribution >= 4 is 32.9 Å². The smallest absolute Gasteiger partial charge is 0.203 e. The second-order valence-corrected chi connectivity index (χ2v) is 5.33. The minimum absolute atomic E-state index is 0.403. The molecule has 0 spiro atoms. The van der Waals surface area contributed by atoms with E-state index in [1.54, 1.807) is 0 Å². The molecule has 0 fully saturated rings. The van der Waals surface area contributed by atoms with Crippen molar-refractivity contribution in [2.45, 2.75) is 13.2 Å². The van der Waals surface area contributed by atoms with Gasteiger partial charge in [-0.1, -0.05) is 18.2 Å². The molecule has 2 N–H and O–H groups in total. The minimum atomic E-state index is -0.403. The molecule has 0 saturated heterocycles. The van der Waals surface area contributed by atoms with Crippen LogP contribution in [0.4, 0.5) is 5.95 Å². The fourth-order valence-corrected chi connectivity index (χ4v) is 2.68. The quantitative estimate of drug-likeness (QED) is 0.735. The molecular weight excluding hydrogens is 332 g/mol. The number of hydrogen-bond donors (Lipinski definition) is 1. The third-order valence-corrected chi connectivity index (χ3v) is 3.61. The molecule has 21 heavy (non-hydrogen) atoms. The van der Waals surface area contributed by atoms with E-state index in [1.807, 2.05) is 54.0 Å². The maximum absolute atomic E-state index is 6.09. The van der Waals surface area contributed by atoms with Gasteiger partial charge in [-0.25, -0.2) is 9.97 Å². The molecule has 1 unspecified atom stereocenters. The first-order valence-electron chi connectivity index (χ1n) is 6.67. The Labute approximate surface area is 130 Å². The minimum Gasteiger partial charge on any atom is -0.369 e. The number of nitrogen functional groups attached to an aromatic ring is 1. The van der Waals surface area contributed by atoms with Gasteiger partial charge in [0.15, 0.2) is 6.23 Å². The average molecular weight is 347 g/mol. The van der Waals surface area contributed by atoms with E-state index in [0.717, 1.165) is 21.3 Å². The first-order chi connectivity index (χ1) is 10.2. The topological polar surface area (TPSA) is 66.0 Å². The zero-order valence-corrected chi connectivity index (χ0v) is 13.1. The summed E-state index contributed by atoms with van der Waals surface area (Å²) in [5.74, 6) is 0.413. The van der Waals surface area contributed by atoms with Crippen LogP contribution in [0.2, 0.25) is 0 Å². The monoisotopic (exact) mass is 346 g/mol. The molecule has 5 nitrogen and oxygen atoms in total. The number of nitrogens with zero attached hydrogens (tertiary/aromatic N) is 3. The maximum Gasteiger partial charge on any atom is 0.203 e. The average Bonchev–Trinajstić information content (AvgIpc) is 2.81. The van der Waals surface area contributed by atoms with E-state index in [4.69, 9.17) is 10.5 Å². The summed E-state index contributed by atoms with van der Waals surface area (Å²) >= 11 is 3.39. The summed E-state index contributed by atoms with van der Waals surface area (Å²) in [6, 6.07) is 13.5. The predicted octanol–water partition coefficient (Wildman–Crippen LogP) is 3.36. The van der Waals surface area contributed by atoms with E-state index in [-0.39, 0.29) is 0 Å². The normalized spacial score (nSPS) is 12.7. The molecule has 1 aromatic carbocycles. The van der Waals surface area contributed by atoms with Gasteiger partial charge >= 0.3 is 0 Å². The molecule has 108 valence electrons. The van der Waals surface area contributed by atoms with E-state index in [9.17, 15) is 0 Å². The lowest BCUT2D eigenvalue weighted by atomic mass is 10.3. The van der Waals surface area contributed by atoms with Crippen LogP contribution in [0.5, 0.6) is 0 Å². The van der Waals surface area contributed by atoms with Crippen molar-refractivity contribution in [3.05, 3.63) is 52.8 Å². The fraction of sp³-hybridized carbons (Fsp3) is 0.200. The standard InChI is InChI=1S/C15H15BrN4O/c1-2-21-14(11-7-5-9-13(16)18-11)20-12-8-4-3-6-10(12)19-15(20)17/h3-9,14H,2H2,1H3,(H2,17,19). The first-order valence-corrected chi connectivity index (χ1v) is 7.46. The molecule has 0 radical (unpaired) electrons. The summed E-state index contributed by atoms with van der Waals surface area (Å²) in [7, 11) is 0. The number of pyridine rings is 1. The van der Waals surface area contributed by atoms with Crippen molar-refractivity contribution < 1.29 is 4.74 Å². The van der Waals surface area contributed by atoms with Crippen molar-refractivity contribution in [2.24, 2.45) is 0 Å². The Morgan fingerprint density at radius 1 is 1.19 bits per heavy atom. The number of rotatable bonds is 4. The van der Waals surface area contributed by atoms with Gasteiger partial charge in [0.25, 0.3) is 0 Å². The number of nitrogens with two attached hydrogens (primary N) is 1. The molecule has 0 saturated carbocycles. The first kappa shape index (κ1) is 14.0. The Hall–Kier alpha value is -1.92. The van der Waals surface area contributed by atoms with E-state index >= 15 is 0 Å². The van der Waals surface area contributed by atoms with Crippen LogP contribution in [-0.4, -0.2) is 21.1 Å². The van der Waals surface area contributed by atoms with Crippen LogP contribution in [0.3, 0.4) is 0 Å². The van der Waals surface area contributed by atoms with E-state index in [2.05, 4.69) is 25.9 Å². The van der Waals surface area contributed by atoms with E-state index in [1.165, 1.54) is 0 Å². The number of ether oxygens (including phenoxy) is 1. The van der Waals surface area contributed by atoms with Gasteiger partial charge in [-0.05, 0) is 47.1 Å². The molecule has 2 heterocycles. The number of para-hydroxylation sites is 2. The maximum atomic E-state index is 6.09. The van der Waals surface area contributed by atoms with Crippen molar-refractivity contribution in [1.82, 2.24) is 14.5 Å². The van der Waals surface area contributed by atoms with E-state index < -0.39 is 6.23 Å². The number of halogens is 1. The van der Waals surface area contributed by atoms with Crippen LogP contribution in [0.1, 0.15) is 18.8 Å². The van der Waals surface area contributed by atoms with Gasteiger partial charge in [0.1, 0.15) is 4.60 Å². The summed E-state index contributed by atoms with van der Waals surface area (Å²) in [4.78, 5) is 8.87. The van der Waals surface area contributed by atoms with Gasteiger partial charge in [0.05, 0.1) is 16.7 Å². The number of fused-ring (bicyclic) bond motifs is 1. The second-order valence-electron chi connectivity index (χ2n) is 4.52. The summed E-state index contributed by atoms with van der Waals surface area (Å²) in [6.45, 7) is 2.49. The Morgan fingerprint density at radius 3 is 2.76 bits per heavy atom. The Kier molecular flexibility index (Phi) is 3.90. The molecule has 0 aliphatic carbocycles. The Balaban J connectivity index is 2.18. The molecule has 0 aliphatic rings. The second kappa shape index (κ2) is 5.83. The molecule has 3 rings (SSSR count). The lowest BCUT2D eigenvalue weighted by molar-refractivity contribution is 0.0422. The molecule has 0 bridgehead atoms. The highest BCUT2D eigenvalue weighted by atomic mass is 79.9. The zero-order chi connectivity index (χ0) is 14.8. The Morgan fingerprint density at radius 2 is 2.00 bits per heavy atom. The van der Waals surface area contributed by atoms with Gasteiger partial charge in [0, 0.05) is 6.61 Å². The third-order valence-electron chi connectivity index (χ3n) is 3.17. The van der Waals surface area contributed by atoms with Gasteiger partial charge < -0.3 is 10.5 Å². The molecule has 0 amide bonds. The highest BCUT2D eigenvalue weighted by Crippen LogP contribution is 2.28. The van der Waals surface area contributed by atoms with Crippen LogP contribution in [0.15, 0.2) is 47.1 Å². The molecule has 6 heteroatoms. The summed E-state index contributed by atoms with van der Waals surface area (Å²) in [5, 5.41) is 0. The number of anilines is 1. The highest BCUT2D eigenvalue weighted by molar-refractivity contribution is 9.10.